The molecule has 0 fully saturated rings. The molecule has 0 unspecified atom stereocenters. The van der Waals surface area contributed by atoms with Crippen LogP contribution >= 0.6 is 0 Å². The summed E-state index contributed by atoms with van der Waals surface area (Å²) in [6.07, 6.45) is 9.73. The summed E-state index contributed by atoms with van der Waals surface area (Å²) in [7, 11) is 0. The minimum atomic E-state index is -1.16. The molecule has 2 N–H and O–H groups in total. The molecule has 1 aliphatic carbocycles. The number of nitrogens with one attached hydrogen (secondary N) is 2. The summed E-state index contributed by atoms with van der Waals surface area (Å²) in [5.41, 5.74) is 1.25. The second kappa shape index (κ2) is 11.1. The van der Waals surface area contributed by atoms with Crippen molar-refractivity contribution in [2.45, 2.75) is 71.0 Å². The quantitative estimate of drug-likeness (QED) is 0.520. The first-order valence-corrected chi connectivity index (χ1v) is 12.7. The maximum absolute atomic E-state index is 13.6. The molecule has 1 atom stereocenters. The molecule has 1 aliphatic heterocycles. The molecule has 0 saturated carbocycles. The van der Waals surface area contributed by atoms with Crippen LogP contribution in [0, 0.1) is 5.82 Å². The maximum atomic E-state index is 13.6. The van der Waals surface area contributed by atoms with Gasteiger partial charge in [0.25, 0.3) is 11.8 Å². The Labute approximate surface area is 211 Å². The molecule has 2 heterocycles. The molecule has 0 bridgehead atoms. The van der Waals surface area contributed by atoms with Crippen LogP contribution in [-0.2, 0) is 17.9 Å². The Morgan fingerprint density at radius 3 is 2.64 bits per heavy atom. The lowest BCUT2D eigenvalue weighted by atomic mass is 9.93. The molecule has 1 aromatic heterocycles. The van der Waals surface area contributed by atoms with Gasteiger partial charge in [-0.05, 0) is 63.1 Å². The number of benzene rings is 1. The molecule has 2 aromatic rings. The van der Waals surface area contributed by atoms with Crippen LogP contribution in [0.5, 0.6) is 0 Å². The normalized spacial score (nSPS) is 19.5. The Morgan fingerprint density at radius 2 is 1.94 bits per heavy atom. The molecule has 8 nitrogen and oxygen atoms in total. The van der Waals surface area contributed by atoms with Gasteiger partial charge in [0, 0.05) is 19.6 Å². The van der Waals surface area contributed by atoms with E-state index in [9.17, 15) is 18.8 Å². The first kappa shape index (κ1) is 25.6. The zero-order valence-electron chi connectivity index (χ0n) is 21.0. The topological polar surface area (TPSA) is 96.3 Å². The summed E-state index contributed by atoms with van der Waals surface area (Å²) in [6, 6.07) is 5.90. The van der Waals surface area contributed by atoms with E-state index in [4.69, 9.17) is 0 Å². The number of aromatic nitrogens is 2. The van der Waals surface area contributed by atoms with Crippen molar-refractivity contribution in [1.29, 1.82) is 0 Å². The third-order valence-corrected chi connectivity index (χ3v) is 6.99. The first-order valence-electron chi connectivity index (χ1n) is 12.7. The number of halogens is 1. The monoisotopic (exact) mass is 495 g/mol. The lowest BCUT2D eigenvalue weighted by Crippen LogP contribution is -2.64. The van der Waals surface area contributed by atoms with Crippen molar-refractivity contribution in [3.63, 3.8) is 0 Å². The minimum Gasteiger partial charge on any atom is -0.350 e. The third kappa shape index (κ3) is 5.34. The van der Waals surface area contributed by atoms with E-state index in [1.807, 2.05) is 6.92 Å². The number of hydrogen-bond acceptors (Lipinski definition) is 4. The summed E-state index contributed by atoms with van der Waals surface area (Å²) in [6.45, 7) is 4.90. The molecule has 0 saturated heterocycles. The van der Waals surface area contributed by atoms with E-state index in [-0.39, 0.29) is 48.0 Å². The van der Waals surface area contributed by atoms with Crippen molar-refractivity contribution >= 4 is 17.7 Å². The lowest BCUT2D eigenvalue weighted by molar-refractivity contribution is -0.133. The highest BCUT2D eigenvalue weighted by atomic mass is 19.1. The van der Waals surface area contributed by atoms with Crippen molar-refractivity contribution in [2.24, 2.45) is 0 Å². The van der Waals surface area contributed by atoms with Gasteiger partial charge in [-0.2, -0.15) is 0 Å². The SMILES string of the molecule is CCCN1C(=O)c2c(C(=O)NCCC3=CCCCC3)ncn2C[C@@]1(C)C(=O)NCc1ccc(F)cc1. The number of hydrogen-bond donors (Lipinski definition) is 2. The Hall–Kier alpha value is -3.49. The van der Waals surface area contributed by atoms with E-state index >= 15 is 0 Å². The number of amides is 3. The Kier molecular flexibility index (Phi) is 7.86. The van der Waals surface area contributed by atoms with Crippen LogP contribution in [0.25, 0.3) is 0 Å². The molecule has 3 amide bonds. The summed E-state index contributed by atoms with van der Waals surface area (Å²) in [5, 5.41) is 5.79. The van der Waals surface area contributed by atoms with E-state index in [0.29, 0.717) is 19.5 Å². The Bertz CT molecular complexity index is 1160. The Morgan fingerprint density at radius 1 is 1.17 bits per heavy atom. The fourth-order valence-corrected chi connectivity index (χ4v) is 4.95. The van der Waals surface area contributed by atoms with Crippen molar-refractivity contribution in [3.8, 4) is 0 Å². The molecule has 0 radical (unpaired) electrons. The van der Waals surface area contributed by atoms with Crippen LogP contribution in [0.2, 0.25) is 0 Å². The van der Waals surface area contributed by atoms with Crippen LogP contribution in [0.4, 0.5) is 4.39 Å². The average Bonchev–Trinajstić information content (AvgIpc) is 3.30. The summed E-state index contributed by atoms with van der Waals surface area (Å²) >= 11 is 0. The smallest absolute Gasteiger partial charge is 0.273 e. The van der Waals surface area contributed by atoms with Crippen molar-refractivity contribution in [2.75, 3.05) is 13.1 Å². The molecule has 0 spiro atoms. The minimum absolute atomic E-state index is 0.0903. The van der Waals surface area contributed by atoms with Gasteiger partial charge in [-0.1, -0.05) is 30.7 Å². The molecule has 1 aromatic carbocycles. The summed E-state index contributed by atoms with van der Waals surface area (Å²) < 4.78 is 14.8. The van der Waals surface area contributed by atoms with Crippen LogP contribution in [0.1, 0.15) is 78.9 Å². The molecule has 9 heteroatoms. The maximum Gasteiger partial charge on any atom is 0.273 e. The molecule has 4 rings (SSSR count). The van der Waals surface area contributed by atoms with Gasteiger partial charge in [0.2, 0.25) is 5.91 Å². The Balaban J connectivity index is 1.48. The van der Waals surface area contributed by atoms with Gasteiger partial charge < -0.3 is 20.1 Å². The van der Waals surface area contributed by atoms with Gasteiger partial charge in [0.1, 0.15) is 17.1 Å². The van der Waals surface area contributed by atoms with E-state index in [2.05, 4.69) is 21.7 Å². The first-order chi connectivity index (χ1) is 17.3. The van der Waals surface area contributed by atoms with E-state index in [0.717, 1.165) is 24.8 Å². The number of rotatable bonds is 9. The number of imidazole rings is 1. The molecule has 2 aliphatic rings. The predicted molar refractivity (Wildman–Crippen MR) is 134 cm³/mol. The third-order valence-electron chi connectivity index (χ3n) is 6.99. The summed E-state index contributed by atoms with van der Waals surface area (Å²) in [4.78, 5) is 45.7. The van der Waals surface area contributed by atoms with Gasteiger partial charge in [-0.3, -0.25) is 14.4 Å². The lowest BCUT2D eigenvalue weighted by Gasteiger charge is -2.43. The fourth-order valence-electron chi connectivity index (χ4n) is 4.95. The van der Waals surface area contributed by atoms with Crippen LogP contribution < -0.4 is 10.6 Å². The van der Waals surface area contributed by atoms with Crippen molar-refractivity contribution in [3.05, 3.63) is 65.0 Å². The number of fused-ring (bicyclic) bond motifs is 1. The average molecular weight is 496 g/mol. The highest BCUT2D eigenvalue weighted by Crippen LogP contribution is 2.29. The molecule has 192 valence electrons. The zero-order valence-corrected chi connectivity index (χ0v) is 21.0. The van der Waals surface area contributed by atoms with E-state index in [1.54, 1.807) is 23.6 Å². The van der Waals surface area contributed by atoms with Crippen molar-refractivity contribution < 1.29 is 18.8 Å². The van der Waals surface area contributed by atoms with Gasteiger partial charge in [0.15, 0.2) is 5.69 Å². The van der Waals surface area contributed by atoms with Crippen LogP contribution in [0.3, 0.4) is 0 Å². The second-order valence-electron chi connectivity index (χ2n) is 9.72. The van der Waals surface area contributed by atoms with Crippen LogP contribution in [0.15, 0.2) is 42.2 Å². The predicted octanol–water partition coefficient (Wildman–Crippen LogP) is 3.58. The summed E-state index contributed by atoms with van der Waals surface area (Å²) in [5.74, 6) is -1.43. The molecular formula is C27H34FN5O3. The standard InChI is InChI=1S/C27H34FN5O3/c1-3-15-33-25(35)23-22(24(34)29-14-13-19-7-5-4-6-8-19)31-18-32(23)17-27(33,2)26(36)30-16-20-9-11-21(28)12-10-20/h7,9-12,18H,3-6,8,13-17H2,1-2H3,(H,29,34)(H,30,36)/t27-/m0/s1. The van der Waals surface area contributed by atoms with E-state index < -0.39 is 5.54 Å². The number of allylic oxidation sites excluding steroid dienone is 1. The number of carbonyl (C=O) groups is 3. The highest BCUT2D eigenvalue weighted by molar-refractivity contribution is 6.07. The molecule has 36 heavy (non-hydrogen) atoms. The highest BCUT2D eigenvalue weighted by Gasteiger charge is 2.48. The fraction of sp³-hybridized carbons (Fsp3) is 0.481. The van der Waals surface area contributed by atoms with Gasteiger partial charge in [-0.25, -0.2) is 9.37 Å². The number of carbonyl (C=O) groups excluding carboxylic acids is 3. The van der Waals surface area contributed by atoms with Crippen LogP contribution in [-0.4, -0.2) is 50.8 Å². The van der Waals surface area contributed by atoms with Gasteiger partial charge in [-0.15, -0.1) is 0 Å². The molecular weight excluding hydrogens is 461 g/mol. The van der Waals surface area contributed by atoms with E-state index in [1.165, 1.54) is 41.8 Å². The second-order valence-corrected chi connectivity index (χ2v) is 9.72. The number of nitrogens with zero attached hydrogens (tertiary/aromatic N) is 3. The largest absolute Gasteiger partial charge is 0.350 e. The zero-order chi connectivity index (χ0) is 25.7. The van der Waals surface area contributed by atoms with Crippen molar-refractivity contribution in [1.82, 2.24) is 25.1 Å². The van der Waals surface area contributed by atoms with Gasteiger partial charge >= 0.3 is 0 Å². The van der Waals surface area contributed by atoms with Gasteiger partial charge in [0.05, 0.1) is 12.9 Å².